The van der Waals surface area contributed by atoms with E-state index in [1.807, 2.05) is 0 Å². The van der Waals surface area contributed by atoms with Crippen LogP contribution < -0.4 is 5.32 Å². The summed E-state index contributed by atoms with van der Waals surface area (Å²) in [5.41, 5.74) is 0. The van der Waals surface area contributed by atoms with E-state index in [4.69, 9.17) is 0 Å². The van der Waals surface area contributed by atoms with Crippen molar-refractivity contribution in [3.05, 3.63) is 0 Å². The van der Waals surface area contributed by atoms with E-state index >= 15 is 0 Å². The molecular weight excluding hydrogens is 248 g/mol. The lowest BCUT2D eigenvalue weighted by atomic mass is 9.94. The zero-order chi connectivity index (χ0) is 13.4. The van der Waals surface area contributed by atoms with Crippen LogP contribution in [0.15, 0.2) is 0 Å². The molecule has 0 spiro atoms. The first-order chi connectivity index (χ1) is 8.60. The van der Waals surface area contributed by atoms with Crippen LogP contribution in [0.5, 0.6) is 0 Å². The van der Waals surface area contributed by atoms with Gasteiger partial charge in [0.2, 0.25) is 10.0 Å². The predicted molar refractivity (Wildman–Crippen MR) is 76.2 cm³/mol. The first-order valence-electron chi connectivity index (χ1n) is 7.28. The summed E-state index contributed by atoms with van der Waals surface area (Å²) in [5, 5.41) is 3.15. The van der Waals surface area contributed by atoms with Gasteiger partial charge in [0.1, 0.15) is 0 Å². The maximum Gasteiger partial charge on any atom is 0.215 e. The van der Waals surface area contributed by atoms with Crippen LogP contribution in [-0.2, 0) is 10.0 Å². The molecule has 4 nitrogen and oxygen atoms in total. The molecule has 1 rings (SSSR count). The first-order valence-corrected chi connectivity index (χ1v) is 8.89. The van der Waals surface area contributed by atoms with Crippen LogP contribution in [0.25, 0.3) is 0 Å². The Morgan fingerprint density at radius 2 is 1.78 bits per heavy atom. The quantitative estimate of drug-likeness (QED) is 0.688. The molecule has 0 unspecified atom stereocenters. The van der Waals surface area contributed by atoms with Gasteiger partial charge < -0.3 is 5.32 Å². The zero-order valence-electron chi connectivity index (χ0n) is 11.8. The fourth-order valence-electron chi connectivity index (χ4n) is 2.52. The largest absolute Gasteiger partial charge is 0.316 e. The highest BCUT2D eigenvalue weighted by Gasteiger charge is 2.26. The van der Waals surface area contributed by atoms with Crippen LogP contribution in [-0.4, -0.2) is 44.7 Å². The van der Waals surface area contributed by atoms with E-state index in [2.05, 4.69) is 19.2 Å². The molecule has 5 heteroatoms. The Morgan fingerprint density at radius 3 is 2.33 bits per heavy atom. The van der Waals surface area contributed by atoms with Crippen LogP contribution in [0.1, 0.15) is 46.0 Å². The van der Waals surface area contributed by atoms with E-state index in [1.165, 1.54) is 12.8 Å². The number of nitrogens with zero attached hydrogens (tertiary/aromatic N) is 1. The van der Waals surface area contributed by atoms with Gasteiger partial charge in [0.05, 0.1) is 5.75 Å². The molecule has 0 saturated carbocycles. The third kappa shape index (κ3) is 5.24. The molecule has 0 aliphatic carbocycles. The topological polar surface area (TPSA) is 49.4 Å². The highest BCUT2D eigenvalue weighted by Crippen LogP contribution is 2.23. The Hall–Kier alpha value is -0.130. The molecule has 18 heavy (non-hydrogen) atoms. The van der Waals surface area contributed by atoms with Crippen molar-refractivity contribution in [2.24, 2.45) is 5.92 Å². The van der Waals surface area contributed by atoms with E-state index in [0.717, 1.165) is 44.8 Å². The molecule has 1 N–H and O–H groups in total. The lowest BCUT2D eigenvalue weighted by Gasteiger charge is -2.31. The summed E-state index contributed by atoms with van der Waals surface area (Å²) < 4.78 is 25.9. The second kappa shape index (κ2) is 8.12. The Morgan fingerprint density at radius 1 is 1.11 bits per heavy atom. The summed E-state index contributed by atoms with van der Waals surface area (Å²) in [6.45, 7) is 7.20. The fraction of sp³-hybridized carbons (Fsp3) is 1.00. The van der Waals surface area contributed by atoms with Gasteiger partial charge in [0.15, 0.2) is 0 Å². The minimum absolute atomic E-state index is 0.242. The van der Waals surface area contributed by atoms with Crippen LogP contribution >= 0.6 is 0 Å². The molecule has 1 saturated heterocycles. The molecule has 1 heterocycles. The number of hydrogen-bond acceptors (Lipinski definition) is 3. The number of rotatable bonds is 8. The standard InChI is InChI=1S/C13H28N2O2S/c1-3-5-13-6-10-15(11-7-13)18(16,17)12-9-14-8-4-2/h13-14H,3-12H2,1-2H3. The van der Waals surface area contributed by atoms with Gasteiger partial charge in [-0.3, -0.25) is 0 Å². The number of piperidine rings is 1. The molecule has 0 aromatic rings. The van der Waals surface area contributed by atoms with Crippen LogP contribution in [0.4, 0.5) is 0 Å². The van der Waals surface area contributed by atoms with Gasteiger partial charge in [-0.15, -0.1) is 0 Å². The third-order valence-electron chi connectivity index (χ3n) is 3.63. The lowest BCUT2D eigenvalue weighted by Crippen LogP contribution is -2.41. The average Bonchev–Trinajstić information content (AvgIpc) is 2.36. The second-order valence-corrected chi connectivity index (χ2v) is 7.29. The zero-order valence-corrected chi connectivity index (χ0v) is 12.6. The second-order valence-electron chi connectivity index (χ2n) is 5.20. The predicted octanol–water partition coefficient (Wildman–Crippen LogP) is 1.83. The smallest absolute Gasteiger partial charge is 0.215 e. The first kappa shape index (κ1) is 15.9. The van der Waals surface area contributed by atoms with E-state index in [0.29, 0.717) is 6.54 Å². The molecule has 1 fully saturated rings. The van der Waals surface area contributed by atoms with E-state index in [9.17, 15) is 8.42 Å². The molecule has 0 atom stereocenters. The third-order valence-corrected chi connectivity index (χ3v) is 5.50. The molecular formula is C13H28N2O2S. The molecule has 0 radical (unpaired) electrons. The van der Waals surface area contributed by atoms with E-state index < -0.39 is 10.0 Å². The summed E-state index contributed by atoms with van der Waals surface area (Å²) in [7, 11) is -3.03. The van der Waals surface area contributed by atoms with Crippen molar-refractivity contribution in [2.75, 3.05) is 31.9 Å². The van der Waals surface area contributed by atoms with Crippen molar-refractivity contribution >= 4 is 10.0 Å². The minimum atomic E-state index is -3.03. The molecule has 0 aromatic heterocycles. The normalized spacial score (nSPS) is 19.2. The van der Waals surface area contributed by atoms with Gasteiger partial charge in [-0.1, -0.05) is 26.7 Å². The lowest BCUT2D eigenvalue weighted by molar-refractivity contribution is 0.262. The van der Waals surface area contributed by atoms with Gasteiger partial charge in [-0.2, -0.15) is 0 Å². The van der Waals surface area contributed by atoms with Gasteiger partial charge in [-0.25, -0.2) is 12.7 Å². The molecule has 1 aliphatic heterocycles. The Balaban J connectivity index is 2.31. The van der Waals surface area contributed by atoms with Crippen molar-refractivity contribution in [1.29, 1.82) is 0 Å². The van der Waals surface area contributed by atoms with Crippen molar-refractivity contribution < 1.29 is 8.42 Å². The number of hydrogen-bond donors (Lipinski definition) is 1. The molecule has 1 aliphatic rings. The van der Waals surface area contributed by atoms with Crippen molar-refractivity contribution in [1.82, 2.24) is 9.62 Å². The maximum atomic E-state index is 12.1. The van der Waals surface area contributed by atoms with Crippen molar-refractivity contribution in [3.8, 4) is 0 Å². The summed E-state index contributed by atoms with van der Waals surface area (Å²) in [4.78, 5) is 0. The van der Waals surface area contributed by atoms with Crippen LogP contribution in [0, 0.1) is 5.92 Å². The maximum absolute atomic E-state index is 12.1. The van der Waals surface area contributed by atoms with E-state index in [-0.39, 0.29) is 5.75 Å². The Kier molecular flexibility index (Phi) is 7.19. The average molecular weight is 276 g/mol. The molecule has 108 valence electrons. The number of sulfonamides is 1. The molecule has 0 aromatic carbocycles. The van der Waals surface area contributed by atoms with E-state index in [1.54, 1.807) is 4.31 Å². The fourth-order valence-corrected chi connectivity index (χ4v) is 3.94. The van der Waals surface area contributed by atoms with Gasteiger partial charge >= 0.3 is 0 Å². The Bertz CT molecular complexity index is 309. The summed E-state index contributed by atoms with van der Waals surface area (Å²) in [6.07, 6.45) is 5.57. The summed E-state index contributed by atoms with van der Waals surface area (Å²) in [5.74, 6) is 0.977. The van der Waals surface area contributed by atoms with Gasteiger partial charge in [-0.05, 0) is 31.7 Å². The minimum Gasteiger partial charge on any atom is -0.316 e. The van der Waals surface area contributed by atoms with Crippen molar-refractivity contribution in [2.45, 2.75) is 46.0 Å². The highest BCUT2D eigenvalue weighted by atomic mass is 32.2. The van der Waals surface area contributed by atoms with Crippen molar-refractivity contribution in [3.63, 3.8) is 0 Å². The number of nitrogens with one attached hydrogen (secondary N) is 1. The van der Waals surface area contributed by atoms with Crippen LogP contribution in [0.2, 0.25) is 0 Å². The Labute approximate surface area is 112 Å². The van der Waals surface area contributed by atoms with Gasteiger partial charge in [0, 0.05) is 19.6 Å². The summed E-state index contributed by atoms with van der Waals surface area (Å²) >= 11 is 0. The molecule has 0 amide bonds. The SMILES string of the molecule is CCCNCCS(=O)(=O)N1CCC(CCC)CC1. The molecule has 0 bridgehead atoms. The van der Waals surface area contributed by atoms with Gasteiger partial charge in [0.25, 0.3) is 0 Å². The highest BCUT2D eigenvalue weighted by molar-refractivity contribution is 7.89. The monoisotopic (exact) mass is 276 g/mol. The summed E-state index contributed by atoms with van der Waals surface area (Å²) in [6, 6.07) is 0. The van der Waals surface area contributed by atoms with Crippen LogP contribution in [0.3, 0.4) is 0 Å².